The van der Waals surface area contributed by atoms with E-state index in [0.29, 0.717) is 17.0 Å². The Morgan fingerprint density at radius 2 is 1.82 bits per heavy atom. The summed E-state index contributed by atoms with van der Waals surface area (Å²) < 4.78 is 29.3. The molecule has 34 heavy (non-hydrogen) atoms. The molecule has 0 spiro atoms. The van der Waals surface area contributed by atoms with Crippen LogP contribution in [0, 0.1) is 5.82 Å². The highest BCUT2D eigenvalue weighted by Gasteiger charge is 2.47. The van der Waals surface area contributed by atoms with Gasteiger partial charge in [-0.05, 0) is 60.2 Å². The number of phenolic OH excluding ortho intramolecular Hbond substituents is 1. The normalized spacial score (nSPS) is 18.3. The molecule has 0 radical (unpaired) electrons. The molecule has 0 bridgehead atoms. The molecule has 3 unspecified atom stereocenters. The maximum Gasteiger partial charge on any atom is 0.415 e. The first-order valence-corrected chi connectivity index (χ1v) is 10.4. The summed E-state index contributed by atoms with van der Waals surface area (Å²) in [7, 11) is 1.27. The Bertz CT molecular complexity index is 1170. The molecule has 1 amide bonds. The number of esters is 1. The van der Waals surface area contributed by atoms with Crippen LogP contribution in [0.15, 0.2) is 72.8 Å². The third kappa shape index (κ3) is 4.79. The summed E-state index contributed by atoms with van der Waals surface area (Å²) >= 11 is 0. The molecule has 1 aliphatic heterocycles. The number of nitrogens with zero attached hydrogens (tertiary/aromatic N) is 1. The number of amides is 1. The highest BCUT2D eigenvalue weighted by Crippen LogP contribution is 2.39. The first-order chi connectivity index (χ1) is 16.4. The Morgan fingerprint density at radius 3 is 2.50 bits per heavy atom. The van der Waals surface area contributed by atoms with Crippen LogP contribution in [0.2, 0.25) is 0 Å². The van der Waals surface area contributed by atoms with Gasteiger partial charge in [-0.1, -0.05) is 18.2 Å². The van der Waals surface area contributed by atoms with Crippen molar-refractivity contribution in [1.29, 1.82) is 0 Å². The van der Waals surface area contributed by atoms with Crippen LogP contribution in [0.1, 0.15) is 22.0 Å². The molecule has 1 saturated heterocycles. The first-order valence-electron chi connectivity index (χ1n) is 10.4. The third-order valence-electron chi connectivity index (χ3n) is 5.42. The zero-order valence-electron chi connectivity index (χ0n) is 18.1. The second-order valence-corrected chi connectivity index (χ2v) is 7.63. The molecule has 3 aromatic carbocycles. The van der Waals surface area contributed by atoms with Crippen molar-refractivity contribution in [2.45, 2.75) is 18.2 Å². The molecule has 176 valence electrons. The van der Waals surface area contributed by atoms with E-state index in [1.807, 2.05) is 0 Å². The number of halogens is 1. The number of rotatable bonds is 7. The maximum absolute atomic E-state index is 13.5. The van der Waals surface area contributed by atoms with Gasteiger partial charge < -0.3 is 24.4 Å². The van der Waals surface area contributed by atoms with Crippen molar-refractivity contribution in [2.75, 3.05) is 18.6 Å². The topological polar surface area (TPSA) is 106 Å². The Hall–Kier alpha value is -4.11. The van der Waals surface area contributed by atoms with E-state index in [1.54, 1.807) is 30.3 Å². The maximum atomic E-state index is 13.5. The van der Waals surface area contributed by atoms with Gasteiger partial charge >= 0.3 is 12.1 Å². The molecule has 8 nitrogen and oxygen atoms in total. The standard InChI is InChI=1S/C25H22FNO7/c1-32-24(30)16-3-2-4-20(13-16)33-14-21(29)23-22(15-5-11-19(28)12-6-15)27(25(31)34-23)18-9-7-17(26)8-10-18/h2-13,21-23,28-29H,14H2,1H3. The predicted molar refractivity (Wildman–Crippen MR) is 119 cm³/mol. The molecule has 3 atom stereocenters. The number of aliphatic hydroxyl groups excluding tert-OH is 1. The molecule has 2 N–H and O–H groups in total. The summed E-state index contributed by atoms with van der Waals surface area (Å²) in [4.78, 5) is 25.9. The monoisotopic (exact) mass is 467 g/mol. The summed E-state index contributed by atoms with van der Waals surface area (Å²) in [6.45, 7) is -0.242. The third-order valence-corrected chi connectivity index (χ3v) is 5.42. The number of methoxy groups -OCH3 is 1. The fourth-order valence-electron chi connectivity index (χ4n) is 3.77. The average molecular weight is 467 g/mol. The van der Waals surface area contributed by atoms with Crippen molar-refractivity contribution in [2.24, 2.45) is 0 Å². The van der Waals surface area contributed by atoms with Gasteiger partial charge in [-0.3, -0.25) is 4.90 Å². The average Bonchev–Trinajstić information content (AvgIpc) is 3.20. The largest absolute Gasteiger partial charge is 0.508 e. The van der Waals surface area contributed by atoms with Crippen LogP contribution in [-0.2, 0) is 9.47 Å². The lowest BCUT2D eigenvalue weighted by atomic mass is 9.96. The zero-order valence-corrected chi connectivity index (χ0v) is 18.1. The van der Waals surface area contributed by atoms with Crippen molar-refractivity contribution in [3.63, 3.8) is 0 Å². The van der Waals surface area contributed by atoms with Crippen LogP contribution in [0.4, 0.5) is 14.9 Å². The van der Waals surface area contributed by atoms with Gasteiger partial charge in [0.15, 0.2) is 6.10 Å². The minimum Gasteiger partial charge on any atom is -0.508 e. The fraction of sp³-hybridized carbons (Fsp3) is 0.200. The highest BCUT2D eigenvalue weighted by atomic mass is 19.1. The number of anilines is 1. The van der Waals surface area contributed by atoms with Crippen LogP contribution < -0.4 is 9.64 Å². The zero-order chi connectivity index (χ0) is 24.2. The summed E-state index contributed by atoms with van der Waals surface area (Å²) in [6.07, 6.45) is -3.01. The van der Waals surface area contributed by atoms with Crippen molar-refractivity contribution < 1.29 is 38.4 Å². The smallest absolute Gasteiger partial charge is 0.415 e. The molecular weight excluding hydrogens is 445 g/mol. The van der Waals surface area contributed by atoms with Crippen molar-refractivity contribution in [3.05, 3.63) is 89.7 Å². The number of ether oxygens (including phenoxy) is 3. The molecule has 0 aromatic heterocycles. The minimum absolute atomic E-state index is 0.0354. The number of cyclic esters (lactones) is 1. The number of phenols is 1. The number of carbonyl (C=O) groups is 2. The second kappa shape index (κ2) is 9.80. The van der Waals surface area contributed by atoms with Gasteiger partial charge in [0.1, 0.15) is 36.1 Å². The summed E-state index contributed by atoms with van der Waals surface area (Å²) in [5, 5.41) is 20.6. The Kier molecular flexibility index (Phi) is 6.65. The number of aromatic hydroxyl groups is 1. The molecule has 1 fully saturated rings. The number of hydrogen-bond acceptors (Lipinski definition) is 7. The van der Waals surface area contributed by atoms with Crippen LogP contribution in [0.3, 0.4) is 0 Å². The fourth-order valence-corrected chi connectivity index (χ4v) is 3.77. The number of aliphatic hydroxyl groups is 1. The number of hydrogen-bond donors (Lipinski definition) is 2. The predicted octanol–water partition coefficient (Wildman–Crippen LogP) is 3.82. The lowest BCUT2D eigenvalue weighted by Crippen LogP contribution is -2.38. The molecule has 4 rings (SSSR count). The minimum atomic E-state index is -1.25. The first kappa shape index (κ1) is 23.1. The van der Waals surface area contributed by atoms with Crippen LogP contribution >= 0.6 is 0 Å². The molecule has 1 aliphatic rings. The Labute approximate surface area is 194 Å². The van der Waals surface area contributed by atoms with E-state index in [1.165, 1.54) is 54.5 Å². The van der Waals surface area contributed by atoms with Crippen LogP contribution in [0.25, 0.3) is 0 Å². The van der Waals surface area contributed by atoms with Crippen molar-refractivity contribution in [3.8, 4) is 11.5 Å². The van der Waals surface area contributed by atoms with E-state index in [0.717, 1.165) is 0 Å². The van der Waals surface area contributed by atoms with Gasteiger partial charge in [-0.25, -0.2) is 14.0 Å². The molecule has 1 heterocycles. The van der Waals surface area contributed by atoms with E-state index < -0.39 is 36.1 Å². The molecule has 9 heteroatoms. The van der Waals surface area contributed by atoms with E-state index in [9.17, 15) is 24.2 Å². The van der Waals surface area contributed by atoms with E-state index in [-0.39, 0.29) is 17.9 Å². The Balaban J connectivity index is 1.59. The van der Waals surface area contributed by atoms with E-state index in [2.05, 4.69) is 0 Å². The number of benzene rings is 3. The SMILES string of the molecule is COC(=O)c1cccc(OCC(O)C2OC(=O)N(c3ccc(F)cc3)C2c2ccc(O)cc2)c1. The van der Waals surface area contributed by atoms with Crippen LogP contribution in [-0.4, -0.2) is 48.2 Å². The second-order valence-electron chi connectivity index (χ2n) is 7.63. The van der Waals surface area contributed by atoms with Crippen molar-refractivity contribution >= 4 is 17.7 Å². The summed E-state index contributed by atoms with van der Waals surface area (Å²) in [5.41, 5.74) is 1.25. The van der Waals surface area contributed by atoms with E-state index in [4.69, 9.17) is 14.2 Å². The molecule has 0 aliphatic carbocycles. The van der Waals surface area contributed by atoms with E-state index >= 15 is 0 Å². The summed E-state index contributed by atoms with van der Waals surface area (Å²) in [5.74, 6) is -0.634. The van der Waals surface area contributed by atoms with Gasteiger partial charge in [0.05, 0.1) is 12.7 Å². The summed E-state index contributed by atoms with van der Waals surface area (Å²) in [6, 6.07) is 16.9. The lowest BCUT2D eigenvalue weighted by molar-refractivity contribution is -0.00649. The molecule has 0 saturated carbocycles. The van der Waals surface area contributed by atoms with Gasteiger partial charge in [0.25, 0.3) is 0 Å². The van der Waals surface area contributed by atoms with Crippen LogP contribution in [0.5, 0.6) is 11.5 Å². The highest BCUT2D eigenvalue weighted by molar-refractivity contribution is 5.91. The Morgan fingerprint density at radius 1 is 1.12 bits per heavy atom. The van der Waals surface area contributed by atoms with Gasteiger partial charge in [-0.15, -0.1) is 0 Å². The lowest BCUT2D eigenvalue weighted by Gasteiger charge is -2.27. The van der Waals surface area contributed by atoms with Gasteiger partial charge in [0, 0.05) is 5.69 Å². The quantitative estimate of drug-likeness (QED) is 0.509. The molecular formula is C25H22FNO7. The number of carbonyl (C=O) groups excluding carboxylic acids is 2. The van der Waals surface area contributed by atoms with Gasteiger partial charge in [-0.2, -0.15) is 0 Å². The van der Waals surface area contributed by atoms with Crippen molar-refractivity contribution in [1.82, 2.24) is 0 Å². The van der Waals surface area contributed by atoms with Gasteiger partial charge in [0.2, 0.25) is 0 Å². The molecule has 3 aromatic rings.